The molecular formula is C11H15N. The number of rotatable bonds is 0. The van der Waals surface area contributed by atoms with E-state index >= 15 is 0 Å². The molecule has 0 N–H and O–H groups in total. The van der Waals surface area contributed by atoms with E-state index in [1.54, 1.807) is 0 Å². The Morgan fingerprint density at radius 3 is 2.33 bits per heavy atom. The Labute approximate surface area is 73.8 Å². The molecule has 0 bridgehead atoms. The summed E-state index contributed by atoms with van der Waals surface area (Å²) in [4.78, 5) is 4.41. The summed E-state index contributed by atoms with van der Waals surface area (Å²) >= 11 is 0. The van der Waals surface area contributed by atoms with Crippen LogP contribution in [-0.4, -0.2) is 4.98 Å². The second-order valence-corrected chi connectivity index (χ2v) is 4.65. The minimum atomic E-state index is 0.240. The predicted octanol–water partition coefficient (Wildman–Crippen LogP) is 2.65. The van der Waals surface area contributed by atoms with Crippen LogP contribution in [0.4, 0.5) is 0 Å². The average Bonchev–Trinajstić information content (AvgIpc) is 2.04. The molecule has 1 nitrogen and oxygen atoms in total. The molecule has 0 atom stereocenters. The first-order valence-corrected chi connectivity index (χ1v) is 4.44. The predicted molar refractivity (Wildman–Crippen MR) is 50.3 cm³/mol. The van der Waals surface area contributed by atoms with Crippen molar-refractivity contribution in [1.29, 1.82) is 0 Å². The minimum Gasteiger partial charge on any atom is -0.260 e. The molecule has 1 aromatic heterocycles. The molecule has 0 amide bonds. The van der Waals surface area contributed by atoms with Crippen molar-refractivity contribution >= 4 is 0 Å². The highest BCUT2D eigenvalue weighted by Crippen LogP contribution is 2.54. The smallest absolute Gasteiger partial charge is 0.0506 e. The Kier molecular flexibility index (Phi) is 1.23. The first-order chi connectivity index (χ1) is 5.48. The molecular weight excluding hydrogens is 146 g/mol. The van der Waals surface area contributed by atoms with Crippen LogP contribution in [0.1, 0.15) is 39.0 Å². The maximum absolute atomic E-state index is 4.41. The molecule has 0 saturated carbocycles. The monoisotopic (exact) mass is 161 g/mol. The van der Waals surface area contributed by atoms with Crippen molar-refractivity contribution in [2.24, 2.45) is 0 Å². The summed E-state index contributed by atoms with van der Waals surface area (Å²) in [6.45, 7) is 9.11. The first kappa shape index (κ1) is 7.78. The number of pyridine rings is 1. The normalized spacial score (nSPS) is 22.7. The third-order valence-corrected chi connectivity index (χ3v) is 3.64. The van der Waals surface area contributed by atoms with E-state index in [1.807, 2.05) is 12.3 Å². The minimum absolute atomic E-state index is 0.240. The quantitative estimate of drug-likeness (QED) is 0.570. The summed E-state index contributed by atoms with van der Waals surface area (Å²) in [7, 11) is 0. The largest absolute Gasteiger partial charge is 0.260 e. The van der Waals surface area contributed by atoms with Crippen LogP contribution in [-0.2, 0) is 10.8 Å². The van der Waals surface area contributed by atoms with Gasteiger partial charge < -0.3 is 0 Å². The fourth-order valence-electron chi connectivity index (χ4n) is 1.98. The van der Waals surface area contributed by atoms with E-state index in [9.17, 15) is 0 Å². The van der Waals surface area contributed by atoms with Gasteiger partial charge in [-0.15, -0.1) is 0 Å². The SMILES string of the molecule is CC1(C)c2cccnc2C1(C)C. The first-order valence-electron chi connectivity index (χ1n) is 4.44. The Morgan fingerprint density at radius 1 is 1.08 bits per heavy atom. The van der Waals surface area contributed by atoms with Crippen LogP contribution in [0, 0.1) is 0 Å². The van der Waals surface area contributed by atoms with Gasteiger partial charge in [-0.05, 0) is 11.6 Å². The summed E-state index contributed by atoms with van der Waals surface area (Å²) < 4.78 is 0. The van der Waals surface area contributed by atoms with Crippen LogP contribution in [0.2, 0.25) is 0 Å². The van der Waals surface area contributed by atoms with Crippen molar-refractivity contribution in [3.63, 3.8) is 0 Å². The molecule has 1 heteroatoms. The summed E-state index contributed by atoms with van der Waals surface area (Å²) in [5, 5.41) is 0. The number of hydrogen-bond donors (Lipinski definition) is 0. The highest BCUT2D eigenvalue weighted by molar-refractivity contribution is 5.48. The van der Waals surface area contributed by atoms with Crippen molar-refractivity contribution in [3.8, 4) is 0 Å². The van der Waals surface area contributed by atoms with Crippen LogP contribution in [0.25, 0.3) is 0 Å². The van der Waals surface area contributed by atoms with Gasteiger partial charge in [0.1, 0.15) is 0 Å². The van der Waals surface area contributed by atoms with Gasteiger partial charge in [0.25, 0.3) is 0 Å². The van der Waals surface area contributed by atoms with Crippen LogP contribution in [0.5, 0.6) is 0 Å². The van der Waals surface area contributed by atoms with Gasteiger partial charge in [0.2, 0.25) is 0 Å². The van der Waals surface area contributed by atoms with Gasteiger partial charge in [0.15, 0.2) is 0 Å². The highest BCUT2D eigenvalue weighted by atomic mass is 14.8. The van der Waals surface area contributed by atoms with Crippen LogP contribution >= 0.6 is 0 Å². The lowest BCUT2D eigenvalue weighted by atomic mass is 9.52. The molecule has 12 heavy (non-hydrogen) atoms. The Bertz CT molecular complexity index is 291. The fraction of sp³-hybridized carbons (Fsp3) is 0.545. The molecule has 0 aromatic carbocycles. The van der Waals surface area contributed by atoms with Crippen molar-refractivity contribution in [2.45, 2.75) is 38.5 Å². The molecule has 64 valence electrons. The lowest BCUT2D eigenvalue weighted by Crippen LogP contribution is -2.51. The summed E-state index contributed by atoms with van der Waals surface area (Å²) in [5.41, 5.74) is 3.21. The topological polar surface area (TPSA) is 12.9 Å². The molecule has 0 spiro atoms. The average molecular weight is 161 g/mol. The zero-order valence-corrected chi connectivity index (χ0v) is 8.18. The Morgan fingerprint density at radius 2 is 1.75 bits per heavy atom. The van der Waals surface area contributed by atoms with Gasteiger partial charge in [-0.25, -0.2) is 0 Å². The van der Waals surface area contributed by atoms with E-state index in [1.165, 1.54) is 11.3 Å². The van der Waals surface area contributed by atoms with E-state index in [-0.39, 0.29) is 10.8 Å². The highest BCUT2D eigenvalue weighted by Gasteiger charge is 2.52. The van der Waals surface area contributed by atoms with Crippen molar-refractivity contribution in [2.75, 3.05) is 0 Å². The number of nitrogens with zero attached hydrogens (tertiary/aromatic N) is 1. The summed E-state index contributed by atoms with van der Waals surface area (Å²) in [6, 6.07) is 4.21. The lowest BCUT2D eigenvalue weighted by Gasteiger charge is -2.52. The number of fused-ring (bicyclic) bond motifs is 1. The van der Waals surface area contributed by atoms with Crippen LogP contribution < -0.4 is 0 Å². The molecule has 1 heterocycles. The molecule has 0 saturated heterocycles. The second kappa shape index (κ2) is 1.90. The number of hydrogen-bond acceptors (Lipinski definition) is 1. The van der Waals surface area contributed by atoms with E-state index < -0.39 is 0 Å². The van der Waals surface area contributed by atoms with Gasteiger partial charge in [-0.3, -0.25) is 4.98 Å². The summed E-state index contributed by atoms with van der Waals surface area (Å²) in [5.74, 6) is 0. The standard InChI is InChI=1S/C11H15N/c1-10(2)8-6-5-7-12-9(8)11(10,3)4/h5-7H,1-4H3. The Hall–Kier alpha value is -0.850. The maximum atomic E-state index is 4.41. The third-order valence-electron chi connectivity index (χ3n) is 3.64. The van der Waals surface area contributed by atoms with Crippen molar-refractivity contribution < 1.29 is 0 Å². The fourth-order valence-corrected chi connectivity index (χ4v) is 1.98. The van der Waals surface area contributed by atoms with Crippen LogP contribution in [0.15, 0.2) is 18.3 Å². The van der Waals surface area contributed by atoms with E-state index in [0.29, 0.717) is 0 Å². The van der Waals surface area contributed by atoms with Gasteiger partial charge in [0, 0.05) is 17.0 Å². The molecule has 1 aromatic rings. The molecule has 0 radical (unpaired) electrons. The van der Waals surface area contributed by atoms with E-state index in [0.717, 1.165) is 0 Å². The van der Waals surface area contributed by atoms with E-state index in [2.05, 4.69) is 38.7 Å². The number of aromatic nitrogens is 1. The molecule has 0 unspecified atom stereocenters. The second-order valence-electron chi connectivity index (χ2n) is 4.65. The molecule has 0 aliphatic heterocycles. The van der Waals surface area contributed by atoms with Gasteiger partial charge in [-0.1, -0.05) is 33.8 Å². The summed E-state index contributed by atoms with van der Waals surface area (Å²) in [6.07, 6.45) is 1.88. The van der Waals surface area contributed by atoms with Crippen molar-refractivity contribution in [3.05, 3.63) is 29.6 Å². The molecule has 0 fully saturated rings. The van der Waals surface area contributed by atoms with Gasteiger partial charge >= 0.3 is 0 Å². The van der Waals surface area contributed by atoms with E-state index in [4.69, 9.17) is 0 Å². The molecule has 2 rings (SSSR count). The third kappa shape index (κ3) is 0.626. The van der Waals surface area contributed by atoms with Crippen LogP contribution in [0.3, 0.4) is 0 Å². The Balaban J connectivity index is 2.64. The van der Waals surface area contributed by atoms with Crippen molar-refractivity contribution in [1.82, 2.24) is 4.98 Å². The van der Waals surface area contributed by atoms with Gasteiger partial charge in [-0.2, -0.15) is 0 Å². The zero-order chi connectivity index (χ0) is 8.98. The molecule has 1 aliphatic rings. The lowest BCUT2D eigenvalue weighted by molar-refractivity contribution is 0.232. The van der Waals surface area contributed by atoms with Gasteiger partial charge in [0.05, 0.1) is 5.69 Å². The zero-order valence-electron chi connectivity index (χ0n) is 8.18. The maximum Gasteiger partial charge on any atom is 0.0506 e. The molecule has 1 aliphatic carbocycles.